The maximum Gasteiger partial charge on any atom is 0.245 e. The number of benzene rings is 1. The lowest BCUT2D eigenvalue weighted by Gasteiger charge is -2.31. The van der Waals surface area contributed by atoms with Crippen LogP contribution in [0.2, 0.25) is 0 Å². The van der Waals surface area contributed by atoms with Crippen LogP contribution in [0.3, 0.4) is 0 Å². The number of rotatable bonds is 6. The Bertz CT molecular complexity index is 605. The maximum atomic E-state index is 12.8. The van der Waals surface area contributed by atoms with Crippen LogP contribution in [0, 0.1) is 5.92 Å². The van der Waals surface area contributed by atoms with E-state index in [9.17, 15) is 9.59 Å². The predicted octanol–water partition coefficient (Wildman–Crippen LogP) is 2.48. The first-order valence-electron chi connectivity index (χ1n) is 8.88. The van der Waals surface area contributed by atoms with Gasteiger partial charge < -0.3 is 15.0 Å². The van der Waals surface area contributed by atoms with Crippen LogP contribution in [0.25, 0.3) is 5.57 Å². The number of allylic oxidation sites excluding steroid dienone is 1. The molecule has 1 saturated heterocycles. The van der Waals surface area contributed by atoms with E-state index >= 15 is 0 Å². The summed E-state index contributed by atoms with van der Waals surface area (Å²) in [4.78, 5) is 27.0. The molecule has 0 saturated carbocycles. The van der Waals surface area contributed by atoms with Crippen LogP contribution in [-0.4, -0.2) is 49.1 Å². The van der Waals surface area contributed by atoms with Gasteiger partial charge in [0.15, 0.2) is 0 Å². The van der Waals surface area contributed by atoms with Crippen molar-refractivity contribution in [3.8, 4) is 0 Å². The van der Waals surface area contributed by atoms with Crippen LogP contribution in [0.4, 0.5) is 0 Å². The van der Waals surface area contributed by atoms with E-state index in [1.54, 1.807) is 11.0 Å². The van der Waals surface area contributed by atoms with E-state index in [0.29, 0.717) is 38.6 Å². The number of carbonyl (C=O) groups excluding carboxylic acids is 2. The standard InChI is InChI=1S/C20H28N2O3/c1-15(2)13-18(20(24)22-9-11-25-12-10-22)21-19(23)14-16(3)17-7-5-4-6-8-17/h4-8,14-15,18H,9-13H2,1-3H3,(H,21,23)/b16-14+/t18-/m0/s1. The first kappa shape index (κ1) is 19.2. The number of ether oxygens (including phenoxy) is 1. The Kier molecular flexibility index (Phi) is 7.19. The van der Waals surface area contributed by atoms with Crippen LogP contribution in [0.1, 0.15) is 32.8 Å². The summed E-state index contributed by atoms with van der Waals surface area (Å²) < 4.78 is 5.30. The minimum absolute atomic E-state index is 0.0175. The van der Waals surface area contributed by atoms with E-state index in [-0.39, 0.29) is 11.8 Å². The fourth-order valence-electron chi connectivity index (χ4n) is 2.89. The molecule has 1 fully saturated rings. The molecular formula is C20H28N2O3. The molecular weight excluding hydrogens is 316 g/mol. The minimum Gasteiger partial charge on any atom is -0.378 e. The molecule has 136 valence electrons. The lowest BCUT2D eigenvalue weighted by molar-refractivity contribution is -0.139. The summed E-state index contributed by atoms with van der Waals surface area (Å²) in [5.74, 6) is 0.0687. The number of amides is 2. The zero-order valence-corrected chi connectivity index (χ0v) is 15.3. The maximum absolute atomic E-state index is 12.8. The monoisotopic (exact) mass is 344 g/mol. The van der Waals surface area contributed by atoms with Crippen molar-refractivity contribution in [1.29, 1.82) is 0 Å². The molecule has 0 bridgehead atoms. The molecule has 2 amide bonds. The number of morpholine rings is 1. The van der Waals surface area contributed by atoms with Crippen LogP contribution in [0.5, 0.6) is 0 Å². The summed E-state index contributed by atoms with van der Waals surface area (Å²) in [5, 5.41) is 2.90. The Morgan fingerprint density at radius 3 is 2.44 bits per heavy atom. The van der Waals surface area contributed by atoms with Gasteiger partial charge in [0.05, 0.1) is 13.2 Å². The van der Waals surface area contributed by atoms with Crippen molar-refractivity contribution < 1.29 is 14.3 Å². The van der Waals surface area contributed by atoms with Crippen molar-refractivity contribution in [3.05, 3.63) is 42.0 Å². The molecule has 25 heavy (non-hydrogen) atoms. The molecule has 0 aromatic heterocycles. The van der Waals surface area contributed by atoms with E-state index in [4.69, 9.17) is 4.74 Å². The predicted molar refractivity (Wildman–Crippen MR) is 98.9 cm³/mol. The van der Waals surface area contributed by atoms with Gasteiger partial charge in [0.25, 0.3) is 0 Å². The Morgan fingerprint density at radius 1 is 1.20 bits per heavy atom. The van der Waals surface area contributed by atoms with Crippen LogP contribution < -0.4 is 5.32 Å². The van der Waals surface area contributed by atoms with Crippen molar-refractivity contribution in [2.75, 3.05) is 26.3 Å². The summed E-state index contributed by atoms with van der Waals surface area (Å²) >= 11 is 0. The van der Waals surface area contributed by atoms with Gasteiger partial charge in [-0.2, -0.15) is 0 Å². The zero-order valence-electron chi connectivity index (χ0n) is 15.3. The summed E-state index contributed by atoms with van der Waals surface area (Å²) in [7, 11) is 0. The Labute approximate surface area is 150 Å². The molecule has 0 unspecified atom stereocenters. The van der Waals surface area contributed by atoms with Gasteiger partial charge >= 0.3 is 0 Å². The second-order valence-corrected chi connectivity index (χ2v) is 6.82. The van der Waals surface area contributed by atoms with Crippen molar-refractivity contribution >= 4 is 17.4 Å². The fourth-order valence-corrected chi connectivity index (χ4v) is 2.89. The quantitative estimate of drug-likeness (QED) is 0.807. The van der Waals surface area contributed by atoms with E-state index < -0.39 is 6.04 Å². The summed E-state index contributed by atoms with van der Waals surface area (Å²) in [6.45, 7) is 8.29. The average Bonchev–Trinajstić information content (AvgIpc) is 2.61. The van der Waals surface area contributed by atoms with E-state index in [2.05, 4.69) is 19.2 Å². The van der Waals surface area contributed by atoms with Gasteiger partial charge in [-0.3, -0.25) is 9.59 Å². The Morgan fingerprint density at radius 2 is 1.84 bits per heavy atom. The zero-order chi connectivity index (χ0) is 18.2. The molecule has 0 radical (unpaired) electrons. The molecule has 1 N–H and O–H groups in total. The third-order valence-electron chi connectivity index (χ3n) is 4.22. The SMILES string of the molecule is C/C(=C\C(=O)N[C@@H](CC(C)C)C(=O)N1CCOCC1)c1ccccc1. The van der Waals surface area contributed by atoms with Gasteiger partial charge in [0.2, 0.25) is 11.8 Å². The lowest BCUT2D eigenvalue weighted by atomic mass is 10.0. The molecule has 5 nitrogen and oxygen atoms in total. The molecule has 0 spiro atoms. The van der Waals surface area contributed by atoms with E-state index in [1.807, 2.05) is 37.3 Å². The van der Waals surface area contributed by atoms with Gasteiger partial charge in [0.1, 0.15) is 6.04 Å². The van der Waals surface area contributed by atoms with Gasteiger partial charge in [-0.25, -0.2) is 0 Å². The van der Waals surface area contributed by atoms with Crippen LogP contribution >= 0.6 is 0 Å². The molecule has 1 aromatic rings. The highest BCUT2D eigenvalue weighted by atomic mass is 16.5. The molecule has 1 atom stereocenters. The number of hydrogen-bond acceptors (Lipinski definition) is 3. The van der Waals surface area contributed by atoms with Gasteiger partial charge in [-0.05, 0) is 30.4 Å². The van der Waals surface area contributed by atoms with Crippen molar-refractivity contribution in [2.24, 2.45) is 5.92 Å². The third kappa shape index (κ3) is 6.02. The fraction of sp³-hybridized carbons (Fsp3) is 0.500. The molecule has 5 heteroatoms. The summed E-state index contributed by atoms with van der Waals surface area (Å²) in [6.07, 6.45) is 2.19. The highest BCUT2D eigenvalue weighted by molar-refractivity contribution is 5.97. The van der Waals surface area contributed by atoms with E-state index in [0.717, 1.165) is 11.1 Å². The molecule has 1 aliphatic rings. The Balaban J connectivity index is 2.05. The second-order valence-electron chi connectivity index (χ2n) is 6.82. The minimum atomic E-state index is -0.495. The first-order chi connectivity index (χ1) is 12.0. The molecule has 1 aromatic carbocycles. The van der Waals surface area contributed by atoms with Crippen LogP contribution in [0.15, 0.2) is 36.4 Å². The third-order valence-corrected chi connectivity index (χ3v) is 4.22. The van der Waals surface area contributed by atoms with Crippen molar-refractivity contribution in [3.63, 3.8) is 0 Å². The van der Waals surface area contributed by atoms with Gasteiger partial charge in [0, 0.05) is 19.2 Å². The second kappa shape index (κ2) is 9.37. The highest BCUT2D eigenvalue weighted by Gasteiger charge is 2.27. The molecule has 1 aliphatic heterocycles. The van der Waals surface area contributed by atoms with Crippen molar-refractivity contribution in [2.45, 2.75) is 33.2 Å². The first-order valence-corrected chi connectivity index (χ1v) is 8.88. The summed E-state index contributed by atoms with van der Waals surface area (Å²) in [6, 6.07) is 9.25. The molecule has 0 aliphatic carbocycles. The largest absolute Gasteiger partial charge is 0.378 e. The van der Waals surface area contributed by atoms with Crippen molar-refractivity contribution in [1.82, 2.24) is 10.2 Å². The highest BCUT2D eigenvalue weighted by Crippen LogP contribution is 2.13. The molecule has 1 heterocycles. The van der Waals surface area contributed by atoms with E-state index in [1.165, 1.54) is 0 Å². The number of nitrogens with one attached hydrogen (secondary N) is 1. The lowest BCUT2D eigenvalue weighted by Crippen LogP contribution is -2.52. The topological polar surface area (TPSA) is 58.6 Å². The van der Waals surface area contributed by atoms with Gasteiger partial charge in [-0.15, -0.1) is 0 Å². The Hall–Kier alpha value is -2.14. The summed E-state index contributed by atoms with van der Waals surface area (Å²) in [5.41, 5.74) is 1.87. The smallest absolute Gasteiger partial charge is 0.245 e. The number of hydrogen-bond donors (Lipinski definition) is 1. The van der Waals surface area contributed by atoms with Gasteiger partial charge in [-0.1, -0.05) is 44.2 Å². The molecule has 2 rings (SSSR count). The average molecular weight is 344 g/mol. The van der Waals surface area contributed by atoms with Crippen LogP contribution in [-0.2, 0) is 14.3 Å². The number of nitrogens with zero attached hydrogens (tertiary/aromatic N) is 1. The number of carbonyl (C=O) groups is 2. The normalized spacial score (nSPS) is 16.6.